The van der Waals surface area contributed by atoms with Crippen molar-refractivity contribution in [3.8, 4) is 5.75 Å². The molecule has 1 aromatic rings. The molecule has 0 radical (unpaired) electrons. The minimum Gasteiger partial charge on any atom is -0.496 e. The van der Waals surface area contributed by atoms with Gasteiger partial charge in [0.1, 0.15) is 5.75 Å². The summed E-state index contributed by atoms with van der Waals surface area (Å²) in [6, 6.07) is 6.77. The molecule has 0 saturated heterocycles. The molecule has 0 unspecified atom stereocenters. The molecule has 0 bridgehead atoms. The molecule has 1 rings (SSSR count). The SMILES string of the molecule is CCCNC(=O)NC(=O)COC(=O)CCc1ccccc1OC. The highest BCUT2D eigenvalue weighted by atomic mass is 16.5. The highest BCUT2D eigenvalue weighted by Crippen LogP contribution is 2.18. The fraction of sp³-hybridized carbons (Fsp3) is 0.438. The Bertz CT molecular complexity index is 545. The smallest absolute Gasteiger partial charge is 0.321 e. The standard InChI is InChI=1S/C16H22N2O5/c1-3-10-17-16(21)18-14(19)11-23-15(20)9-8-12-6-4-5-7-13(12)22-2/h4-7H,3,8-11H2,1-2H3,(H2,17,18,19,21). The summed E-state index contributed by atoms with van der Waals surface area (Å²) in [5.41, 5.74) is 0.885. The fourth-order valence-corrected chi connectivity index (χ4v) is 1.81. The molecular formula is C16H22N2O5. The zero-order chi connectivity index (χ0) is 17.1. The van der Waals surface area contributed by atoms with Crippen LogP contribution in [-0.2, 0) is 20.7 Å². The van der Waals surface area contributed by atoms with Crippen LogP contribution in [0.5, 0.6) is 5.75 Å². The first kappa shape index (κ1) is 18.5. The maximum atomic E-state index is 11.6. The maximum Gasteiger partial charge on any atom is 0.321 e. The predicted octanol–water partition coefficient (Wildman–Crippen LogP) is 1.41. The molecule has 1 aromatic carbocycles. The van der Waals surface area contributed by atoms with Crippen molar-refractivity contribution in [3.63, 3.8) is 0 Å². The number of hydrogen-bond donors (Lipinski definition) is 2. The van der Waals surface area contributed by atoms with Crippen LogP contribution in [0.15, 0.2) is 24.3 Å². The summed E-state index contributed by atoms with van der Waals surface area (Å²) in [5, 5.41) is 4.56. The second-order valence-electron chi connectivity index (χ2n) is 4.78. The van der Waals surface area contributed by atoms with E-state index in [1.54, 1.807) is 7.11 Å². The van der Waals surface area contributed by atoms with Crippen molar-refractivity contribution in [1.82, 2.24) is 10.6 Å². The van der Waals surface area contributed by atoms with Gasteiger partial charge in [-0.2, -0.15) is 0 Å². The van der Waals surface area contributed by atoms with Gasteiger partial charge in [-0.3, -0.25) is 14.9 Å². The van der Waals surface area contributed by atoms with Crippen molar-refractivity contribution in [2.45, 2.75) is 26.2 Å². The van der Waals surface area contributed by atoms with Crippen LogP contribution >= 0.6 is 0 Å². The Morgan fingerprint density at radius 1 is 1.17 bits per heavy atom. The summed E-state index contributed by atoms with van der Waals surface area (Å²) >= 11 is 0. The summed E-state index contributed by atoms with van der Waals surface area (Å²) < 4.78 is 10.0. The molecule has 23 heavy (non-hydrogen) atoms. The monoisotopic (exact) mass is 322 g/mol. The van der Waals surface area contributed by atoms with Gasteiger partial charge < -0.3 is 14.8 Å². The van der Waals surface area contributed by atoms with Crippen LogP contribution in [0.25, 0.3) is 0 Å². The Hall–Kier alpha value is -2.57. The molecule has 0 heterocycles. The van der Waals surface area contributed by atoms with Gasteiger partial charge in [0.05, 0.1) is 7.11 Å². The van der Waals surface area contributed by atoms with Crippen molar-refractivity contribution < 1.29 is 23.9 Å². The third kappa shape index (κ3) is 7.30. The van der Waals surface area contributed by atoms with E-state index in [4.69, 9.17) is 9.47 Å². The molecule has 0 atom stereocenters. The summed E-state index contributed by atoms with van der Waals surface area (Å²) in [4.78, 5) is 34.3. The number of para-hydroxylation sites is 1. The number of carbonyl (C=O) groups excluding carboxylic acids is 3. The Kier molecular flexibility index (Phi) is 8.20. The van der Waals surface area contributed by atoms with E-state index in [0.717, 1.165) is 12.0 Å². The lowest BCUT2D eigenvalue weighted by Crippen LogP contribution is -2.41. The van der Waals surface area contributed by atoms with E-state index in [0.29, 0.717) is 18.7 Å². The number of imide groups is 1. The Balaban J connectivity index is 2.29. The van der Waals surface area contributed by atoms with E-state index in [-0.39, 0.29) is 6.42 Å². The molecule has 0 aliphatic heterocycles. The number of benzene rings is 1. The number of nitrogens with one attached hydrogen (secondary N) is 2. The molecule has 7 nitrogen and oxygen atoms in total. The molecule has 0 aromatic heterocycles. The van der Waals surface area contributed by atoms with Gasteiger partial charge in [0.2, 0.25) is 0 Å². The molecular weight excluding hydrogens is 300 g/mol. The third-order valence-electron chi connectivity index (χ3n) is 2.94. The normalized spacial score (nSPS) is 9.83. The van der Waals surface area contributed by atoms with Gasteiger partial charge in [-0.25, -0.2) is 4.79 Å². The van der Waals surface area contributed by atoms with Crippen molar-refractivity contribution in [3.05, 3.63) is 29.8 Å². The number of ether oxygens (including phenoxy) is 2. The average Bonchev–Trinajstić information content (AvgIpc) is 2.56. The highest BCUT2D eigenvalue weighted by molar-refractivity contribution is 5.95. The number of methoxy groups -OCH3 is 1. The van der Waals surface area contributed by atoms with Gasteiger partial charge in [-0.1, -0.05) is 25.1 Å². The van der Waals surface area contributed by atoms with Crippen molar-refractivity contribution in [2.24, 2.45) is 0 Å². The predicted molar refractivity (Wildman–Crippen MR) is 84.1 cm³/mol. The van der Waals surface area contributed by atoms with Crippen LogP contribution in [0.3, 0.4) is 0 Å². The number of hydrogen-bond acceptors (Lipinski definition) is 5. The zero-order valence-corrected chi connectivity index (χ0v) is 13.4. The first-order valence-corrected chi connectivity index (χ1v) is 7.42. The van der Waals surface area contributed by atoms with Crippen molar-refractivity contribution in [1.29, 1.82) is 0 Å². The second kappa shape index (κ2) is 10.2. The minimum absolute atomic E-state index is 0.121. The van der Waals surface area contributed by atoms with E-state index in [2.05, 4.69) is 10.6 Å². The van der Waals surface area contributed by atoms with E-state index in [1.807, 2.05) is 31.2 Å². The second-order valence-corrected chi connectivity index (χ2v) is 4.78. The molecule has 2 N–H and O–H groups in total. The van der Waals surface area contributed by atoms with Crippen LogP contribution in [0.4, 0.5) is 4.79 Å². The summed E-state index contributed by atoms with van der Waals surface area (Å²) in [6.45, 7) is 1.88. The quantitative estimate of drug-likeness (QED) is 0.706. The number of esters is 1. The van der Waals surface area contributed by atoms with E-state index in [1.165, 1.54) is 0 Å². The summed E-state index contributed by atoms with van der Waals surface area (Å²) in [7, 11) is 1.56. The highest BCUT2D eigenvalue weighted by Gasteiger charge is 2.11. The van der Waals surface area contributed by atoms with Gasteiger partial charge >= 0.3 is 12.0 Å². The van der Waals surface area contributed by atoms with Crippen molar-refractivity contribution >= 4 is 17.9 Å². The largest absolute Gasteiger partial charge is 0.496 e. The van der Waals surface area contributed by atoms with Gasteiger partial charge in [-0.05, 0) is 24.5 Å². The lowest BCUT2D eigenvalue weighted by atomic mass is 10.1. The van der Waals surface area contributed by atoms with Gasteiger partial charge in [0, 0.05) is 13.0 Å². The Morgan fingerprint density at radius 3 is 2.61 bits per heavy atom. The number of amides is 3. The average molecular weight is 322 g/mol. The van der Waals surface area contributed by atoms with Crippen LogP contribution in [0.1, 0.15) is 25.3 Å². The van der Waals surface area contributed by atoms with E-state index < -0.39 is 24.5 Å². The zero-order valence-electron chi connectivity index (χ0n) is 13.4. The first-order valence-electron chi connectivity index (χ1n) is 7.42. The molecule has 0 aliphatic rings. The minimum atomic E-state index is -0.663. The van der Waals surface area contributed by atoms with E-state index in [9.17, 15) is 14.4 Å². The van der Waals surface area contributed by atoms with Crippen molar-refractivity contribution in [2.75, 3.05) is 20.3 Å². The van der Waals surface area contributed by atoms with Crippen LogP contribution in [-0.4, -0.2) is 38.2 Å². The topological polar surface area (TPSA) is 93.7 Å². The summed E-state index contributed by atoms with van der Waals surface area (Å²) in [5.74, 6) is -0.477. The molecule has 7 heteroatoms. The number of urea groups is 1. The fourth-order valence-electron chi connectivity index (χ4n) is 1.81. The Morgan fingerprint density at radius 2 is 1.91 bits per heavy atom. The molecule has 0 aliphatic carbocycles. The lowest BCUT2D eigenvalue weighted by Gasteiger charge is -2.08. The van der Waals surface area contributed by atoms with Gasteiger partial charge in [-0.15, -0.1) is 0 Å². The molecule has 3 amide bonds. The maximum absolute atomic E-state index is 11.6. The molecule has 126 valence electrons. The van der Waals surface area contributed by atoms with Crippen LogP contribution in [0.2, 0.25) is 0 Å². The van der Waals surface area contributed by atoms with Gasteiger partial charge in [0.25, 0.3) is 5.91 Å². The number of carbonyl (C=O) groups is 3. The lowest BCUT2D eigenvalue weighted by molar-refractivity contribution is -0.148. The molecule has 0 saturated carbocycles. The molecule has 0 fully saturated rings. The number of rotatable bonds is 8. The van der Waals surface area contributed by atoms with Crippen LogP contribution in [0, 0.1) is 0 Å². The van der Waals surface area contributed by atoms with E-state index >= 15 is 0 Å². The Labute approximate surface area is 135 Å². The molecule has 0 spiro atoms. The summed E-state index contributed by atoms with van der Waals surface area (Å²) in [6.07, 6.45) is 1.33. The van der Waals surface area contributed by atoms with Gasteiger partial charge in [0.15, 0.2) is 6.61 Å². The van der Waals surface area contributed by atoms with Crippen LogP contribution < -0.4 is 15.4 Å². The first-order chi connectivity index (χ1) is 11.1. The number of aryl methyl sites for hydroxylation is 1. The third-order valence-corrected chi connectivity index (χ3v) is 2.94.